The van der Waals surface area contributed by atoms with Gasteiger partial charge in [-0.2, -0.15) is 0 Å². The SMILES string of the molecule is COc1cc(NC(=O)c2cc(C)oc2C)c(C(=O)N(C)C)cc1OC. The Hall–Kier alpha value is -2.96. The van der Waals surface area contributed by atoms with Crippen molar-refractivity contribution in [2.75, 3.05) is 33.6 Å². The van der Waals surface area contributed by atoms with E-state index in [-0.39, 0.29) is 11.8 Å². The fourth-order valence-electron chi connectivity index (χ4n) is 2.45. The van der Waals surface area contributed by atoms with Gasteiger partial charge in [0.1, 0.15) is 11.5 Å². The Balaban J connectivity index is 2.49. The van der Waals surface area contributed by atoms with Crippen LogP contribution in [0.4, 0.5) is 5.69 Å². The molecule has 2 amide bonds. The summed E-state index contributed by atoms with van der Waals surface area (Å²) in [7, 11) is 6.24. The standard InChI is InChI=1S/C18H22N2O5/c1-10-7-12(11(2)25-10)17(21)19-14-9-16(24-6)15(23-5)8-13(14)18(22)20(3)4/h7-9H,1-6H3,(H,19,21). The minimum Gasteiger partial charge on any atom is -0.493 e. The summed E-state index contributed by atoms with van der Waals surface area (Å²) in [5, 5.41) is 2.76. The molecule has 1 N–H and O–H groups in total. The van der Waals surface area contributed by atoms with Gasteiger partial charge in [-0.15, -0.1) is 0 Å². The third-order valence-electron chi connectivity index (χ3n) is 3.69. The maximum Gasteiger partial charge on any atom is 0.259 e. The Labute approximate surface area is 146 Å². The highest BCUT2D eigenvalue weighted by molar-refractivity contribution is 6.09. The van der Waals surface area contributed by atoms with Crippen molar-refractivity contribution >= 4 is 17.5 Å². The predicted molar refractivity (Wildman–Crippen MR) is 93.7 cm³/mol. The number of carbonyl (C=O) groups is 2. The van der Waals surface area contributed by atoms with E-state index in [2.05, 4.69) is 5.32 Å². The number of ether oxygens (including phenoxy) is 2. The molecule has 1 heterocycles. The fraction of sp³-hybridized carbons (Fsp3) is 0.333. The van der Waals surface area contributed by atoms with Crippen LogP contribution in [0.1, 0.15) is 32.2 Å². The quantitative estimate of drug-likeness (QED) is 0.900. The van der Waals surface area contributed by atoms with Gasteiger partial charge in [0.05, 0.1) is 31.0 Å². The Morgan fingerprint density at radius 1 is 1.00 bits per heavy atom. The van der Waals surface area contributed by atoms with Crippen molar-refractivity contribution in [2.24, 2.45) is 0 Å². The molecular formula is C18H22N2O5. The third-order valence-corrected chi connectivity index (χ3v) is 3.69. The molecule has 0 atom stereocenters. The van der Waals surface area contributed by atoms with Crippen LogP contribution in [0.5, 0.6) is 11.5 Å². The number of hydrogen-bond acceptors (Lipinski definition) is 5. The van der Waals surface area contributed by atoms with Crippen molar-refractivity contribution in [3.8, 4) is 11.5 Å². The van der Waals surface area contributed by atoms with Crippen molar-refractivity contribution in [2.45, 2.75) is 13.8 Å². The fourth-order valence-corrected chi connectivity index (χ4v) is 2.45. The second-order valence-electron chi connectivity index (χ2n) is 5.73. The minimum absolute atomic E-state index is 0.267. The van der Waals surface area contributed by atoms with Gasteiger partial charge in [-0.3, -0.25) is 9.59 Å². The summed E-state index contributed by atoms with van der Waals surface area (Å²) in [5.74, 6) is 1.33. The molecule has 134 valence electrons. The number of hydrogen-bond donors (Lipinski definition) is 1. The minimum atomic E-state index is -0.366. The van der Waals surface area contributed by atoms with E-state index >= 15 is 0 Å². The molecule has 0 aliphatic rings. The molecule has 0 unspecified atom stereocenters. The Morgan fingerprint density at radius 3 is 2.08 bits per heavy atom. The molecule has 0 radical (unpaired) electrons. The van der Waals surface area contributed by atoms with Crippen LogP contribution in [-0.4, -0.2) is 45.0 Å². The van der Waals surface area contributed by atoms with Gasteiger partial charge in [0.2, 0.25) is 0 Å². The average Bonchev–Trinajstić information content (AvgIpc) is 2.92. The first-order valence-electron chi connectivity index (χ1n) is 7.64. The summed E-state index contributed by atoms with van der Waals surface area (Å²) in [6.07, 6.45) is 0. The van der Waals surface area contributed by atoms with Crippen LogP contribution >= 0.6 is 0 Å². The lowest BCUT2D eigenvalue weighted by molar-refractivity contribution is 0.0828. The summed E-state index contributed by atoms with van der Waals surface area (Å²) in [6, 6.07) is 4.76. The van der Waals surface area contributed by atoms with Gasteiger partial charge in [-0.1, -0.05) is 0 Å². The summed E-state index contributed by atoms with van der Waals surface area (Å²) in [4.78, 5) is 26.5. The highest BCUT2D eigenvalue weighted by atomic mass is 16.5. The lowest BCUT2D eigenvalue weighted by Gasteiger charge is -2.17. The van der Waals surface area contributed by atoms with Gasteiger partial charge >= 0.3 is 0 Å². The van der Waals surface area contributed by atoms with E-state index in [0.29, 0.717) is 39.8 Å². The zero-order valence-corrected chi connectivity index (χ0v) is 15.2. The number of furan rings is 1. The summed E-state index contributed by atoms with van der Waals surface area (Å²) < 4.78 is 15.9. The molecule has 0 saturated heterocycles. The molecule has 1 aromatic carbocycles. The topological polar surface area (TPSA) is 81.0 Å². The molecule has 2 rings (SSSR count). The average molecular weight is 346 g/mol. The molecule has 7 nitrogen and oxygen atoms in total. The Kier molecular flexibility index (Phi) is 5.36. The van der Waals surface area contributed by atoms with Gasteiger partial charge < -0.3 is 24.1 Å². The zero-order chi connectivity index (χ0) is 18.7. The number of methoxy groups -OCH3 is 2. The summed E-state index contributed by atoms with van der Waals surface area (Å²) >= 11 is 0. The number of nitrogens with one attached hydrogen (secondary N) is 1. The van der Waals surface area contributed by atoms with E-state index in [1.165, 1.54) is 19.1 Å². The van der Waals surface area contributed by atoms with Crippen LogP contribution in [0.15, 0.2) is 22.6 Å². The third kappa shape index (κ3) is 3.76. The molecule has 25 heavy (non-hydrogen) atoms. The predicted octanol–water partition coefficient (Wildman–Crippen LogP) is 2.87. The van der Waals surface area contributed by atoms with Crippen LogP contribution in [0.25, 0.3) is 0 Å². The second-order valence-corrected chi connectivity index (χ2v) is 5.73. The van der Waals surface area contributed by atoms with Crippen LogP contribution in [-0.2, 0) is 0 Å². The Bertz CT molecular complexity index is 808. The largest absolute Gasteiger partial charge is 0.493 e. The molecule has 0 saturated carbocycles. The van der Waals surface area contributed by atoms with Gasteiger partial charge in [-0.05, 0) is 26.0 Å². The molecule has 0 aliphatic heterocycles. The maximum absolute atomic E-state index is 12.6. The maximum atomic E-state index is 12.6. The van der Waals surface area contributed by atoms with Crippen molar-refractivity contribution in [3.63, 3.8) is 0 Å². The first-order valence-corrected chi connectivity index (χ1v) is 7.64. The lowest BCUT2D eigenvalue weighted by Crippen LogP contribution is -2.24. The van der Waals surface area contributed by atoms with Crippen molar-refractivity contribution < 1.29 is 23.5 Å². The first-order chi connectivity index (χ1) is 11.8. The molecule has 0 bridgehead atoms. The molecule has 7 heteroatoms. The van der Waals surface area contributed by atoms with E-state index in [9.17, 15) is 9.59 Å². The van der Waals surface area contributed by atoms with E-state index in [1.807, 2.05) is 0 Å². The molecular weight excluding hydrogens is 324 g/mol. The van der Waals surface area contributed by atoms with Crippen LogP contribution < -0.4 is 14.8 Å². The number of aryl methyl sites for hydroxylation is 2. The first kappa shape index (κ1) is 18.4. The second kappa shape index (κ2) is 7.29. The van der Waals surface area contributed by atoms with Crippen LogP contribution in [0.3, 0.4) is 0 Å². The van der Waals surface area contributed by atoms with E-state index in [4.69, 9.17) is 13.9 Å². The van der Waals surface area contributed by atoms with E-state index < -0.39 is 0 Å². The molecule has 0 spiro atoms. The number of carbonyl (C=O) groups excluding carboxylic acids is 2. The zero-order valence-electron chi connectivity index (χ0n) is 15.2. The number of nitrogens with zero attached hydrogens (tertiary/aromatic N) is 1. The Morgan fingerprint density at radius 2 is 1.60 bits per heavy atom. The van der Waals surface area contributed by atoms with E-state index in [1.54, 1.807) is 46.1 Å². The van der Waals surface area contributed by atoms with Gasteiger partial charge in [0, 0.05) is 20.2 Å². The van der Waals surface area contributed by atoms with Crippen LogP contribution in [0.2, 0.25) is 0 Å². The van der Waals surface area contributed by atoms with Crippen molar-refractivity contribution in [1.29, 1.82) is 0 Å². The lowest BCUT2D eigenvalue weighted by atomic mass is 10.1. The number of rotatable bonds is 5. The normalized spacial score (nSPS) is 10.3. The number of anilines is 1. The van der Waals surface area contributed by atoms with E-state index in [0.717, 1.165) is 0 Å². The summed E-state index contributed by atoms with van der Waals surface area (Å²) in [6.45, 7) is 3.48. The van der Waals surface area contributed by atoms with Gasteiger partial charge in [0.25, 0.3) is 11.8 Å². The smallest absolute Gasteiger partial charge is 0.259 e. The molecule has 0 fully saturated rings. The van der Waals surface area contributed by atoms with Gasteiger partial charge in [0.15, 0.2) is 11.5 Å². The van der Waals surface area contributed by atoms with Crippen LogP contribution in [0, 0.1) is 13.8 Å². The number of benzene rings is 1. The molecule has 2 aromatic rings. The highest BCUT2D eigenvalue weighted by Gasteiger charge is 2.21. The van der Waals surface area contributed by atoms with Crippen molar-refractivity contribution in [1.82, 2.24) is 4.90 Å². The molecule has 0 aliphatic carbocycles. The highest BCUT2D eigenvalue weighted by Crippen LogP contribution is 2.34. The summed E-state index contributed by atoms with van der Waals surface area (Å²) in [5.41, 5.74) is 1.05. The molecule has 1 aromatic heterocycles. The van der Waals surface area contributed by atoms with Gasteiger partial charge in [-0.25, -0.2) is 0 Å². The number of amides is 2. The van der Waals surface area contributed by atoms with Crippen molar-refractivity contribution in [3.05, 3.63) is 40.8 Å². The monoisotopic (exact) mass is 346 g/mol.